The van der Waals surface area contributed by atoms with E-state index in [1.54, 1.807) is 0 Å². The Bertz CT molecular complexity index is 570. The molecular formula is C19H23NO. The fraction of sp³-hybridized carbons (Fsp3) is 0.421. The van der Waals surface area contributed by atoms with Crippen molar-refractivity contribution in [2.24, 2.45) is 5.92 Å². The molecule has 3 rings (SSSR count). The molecule has 0 atom stereocenters. The molecule has 1 fully saturated rings. The number of aromatic nitrogens is 1. The predicted molar refractivity (Wildman–Crippen MR) is 86.5 cm³/mol. The van der Waals surface area contributed by atoms with Gasteiger partial charge in [-0.15, -0.1) is 0 Å². The van der Waals surface area contributed by atoms with E-state index in [4.69, 9.17) is 4.74 Å². The Labute approximate surface area is 127 Å². The maximum atomic E-state index is 5.95. The minimum atomic E-state index is 0.747. The van der Waals surface area contributed by atoms with Crippen molar-refractivity contribution >= 4 is 0 Å². The van der Waals surface area contributed by atoms with Gasteiger partial charge in [-0.25, -0.2) is 0 Å². The van der Waals surface area contributed by atoms with Crippen molar-refractivity contribution in [3.63, 3.8) is 0 Å². The Morgan fingerprint density at radius 2 is 1.81 bits per heavy atom. The summed E-state index contributed by atoms with van der Waals surface area (Å²) in [5.74, 6) is 1.72. The van der Waals surface area contributed by atoms with Crippen molar-refractivity contribution < 1.29 is 4.74 Å². The molecule has 1 aromatic carbocycles. The van der Waals surface area contributed by atoms with E-state index >= 15 is 0 Å². The van der Waals surface area contributed by atoms with Crippen molar-refractivity contribution in [1.82, 2.24) is 4.98 Å². The van der Waals surface area contributed by atoms with Gasteiger partial charge >= 0.3 is 0 Å². The van der Waals surface area contributed by atoms with Gasteiger partial charge in [0, 0.05) is 11.8 Å². The number of nitrogens with zero attached hydrogens (tertiary/aromatic N) is 1. The van der Waals surface area contributed by atoms with Crippen LogP contribution in [0.25, 0.3) is 11.3 Å². The number of hydrogen-bond donors (Lipinski definition) is 0. The highest BCUT2D eigenvalue weighted by atomic mass is 16.5. The third-order valence-corrected chi connectivity index (χ3v) is 4.35. The van der Waals surface area contributed by atoms with Crippen molar-refractivity contribution in [1.29, 1.82) is 0 Å². The molecule has 0 N–H and O–H groups in total. The Morgan fingerprint density at radius 1 is 1.05 bits per heavy atom. The maximum absolute atomic E-state index is 5.95. The molecule has 2 heteroatoms. The summed E-state index contributed by atoms with van der Waals surface area (Å²) < 4.78 is 5.95. The van der Waals surface area contributed by atoms with Gasteiger partial charge in [0.05, 0.1) is 12.3 Å². The molecule has 21 heavy (non-hydrogen) atoms. The number of hydrogen-bond acceptors (Lipinski definition) is 2. The van der Waals surface area contributed by atoms with Gasteiger partial charge < -0.3 is 4.74 Å². The van der Waals surface area contributed by atoms with Crippen LogP contribution in [0.5, 0.6) is 5.75 Å². The van der Waals surface area contributed by atoms with E-state index in [9.17, 15) is 0 Å². The summed E-state index contributed by atoms with van der Waals surface area (Å²) in [7, 11) is 0. The Kier molecular flexibility index (Phi) is 4.54. The second-order valence-electron chi connectivity index (χ2n) is 6.01. The quantitative estimate of drug-likeness (QED) is 0.785. The molecule has 1 aromatic heterocycles. The van der Waals surface area contributed by atoms with Gasteiger partial charge in [-0.05, 0) is 61.6 Å². The van der Waals surface area contributed by atoms with Gasteiger partial charge in [-0.1, -0.05) is 25.3 Å². The van der Waals surface area contributed by atoms with Crippen molar-refractivity contribution in [2.75, 3.05) is 6.61 Å². The first-order valence-electron chi connectivity index (χ1n) is 7.98. The standard InChI is InChI=1S/C19H23NO/c1-15-6-5-13-20-19(15)17-9-11-18(12-10-17)21-14-16-7-3-2-4-8-16/h5-6,9-13,16H,2-4,7-8,14H2,1H3. The molecule has 0 spiro atoms. The SMILES string of the molecule is Cc1cccnc1-c1ccc(OCC2CCCCC2)cc1. The van der Waals surface area contributed by atoms with Crippen LogP contribution in [0.2, 0.25) is 0 Å². The van der Waals surface area contributed by atoms with E-state index < -0.39 is 0 Å². The van der Waals surface area contributed by atoms with Crippen LogP contribution in [0, 0.1) is 12.8 Å². The summed E-state index contributed by atoms with van der Waals surface area (Å²) in [5, 5.41) is 0. The van der Waals surface area contributed by atoms with Crippen molar-refractivity contribution in [3.05, 3.63) is 48.2 Å². The molecular weight excluding hydrogens is 258 g/mol. The first kappa shape index (κ1) is 14.1. The van der Waals surface area contributed by atoms with Crippen LogP contribution in [-0.2, 0) is 0 Å². The fourth-order valence-electron chi connectivity index (χ4n) is 3.06. The number of aryl methyl sites for hydroxylation is 1. The minimum absolute atomic E-state index is 0.747. The Morgan fingerprint density at radius 3 is 2.52 bits per heavy atom. The second kappa shape index (κ2) is 6.75. The monoisotopic (exact) mass is 281 g/mol. The van der Waals surface area contributed by atoms with Gasteiger partial charge in [-0.2, -0.15) is 0 Å². The highest BCUT2D eigenvalue weighted by molar-refractivity contribution is 5.63. The zero-order valence-corrected chi connectivity index (χ0v) is 12.7. The molecule has 0 bridgehead atoms. The zero-order valence-electron chi connectivity index (χ0n) is 12.7. The molecule has 1 aliphatic rings. The van der Waals surface area contributed by atoms with Crippen molar-refractivity contribution in [3.8, 4) is 17.0 Å². The summed E-state index contributed by atoms with van der Waals surface area (Å²) in [6.07, 6.45) is 8.62. The second-order valence-corrected chi connectivity index (χ2v) is 6.01. The number of rotatable bonds is 4. The van der Waals surface area contributed by atoms with E-state index in [0.29, 0.717) is 0 Å². The molecule has 110 valence electrons. The molecule has 1 heterocycles. The van der Waals surface area contributed by atoms with Crippen LogP contribution in [0.1, 0.15) is 37.7 Å². The fourth-order valence-corrected chi connectivity index (χ4v) is 3.06. The minimum Gasteiger partial charge on any atom is -0.493 e. The van der Waals surface area contributed by atoms with Gasteiger partial charge in [0.2, 0.25) is 0 Å². The van der Waals surface area contributed by atoms with Gasteiger partial charge in [-0.3, -0.25) is 4.98 Å². The van der Waals surface area contributed by atoms with Crippen molar-refractivity contribution in [2.45, 2.75) is 39.0 Å². The third-order valence-electron chi connectivity index (χ3n) is 4.35. The summed E-state index contributed by atoms with van der Waals surface area (Å²) >= 11 is 0. The predicted octanol–water partition coefficient (Wildman–Crippen LogP) is 5.02. The molecule has 0 amide bonds. The van der Waals surface area contributed by atoms with Crippen LogP contribution in [0.15, 0.2) is 42.6 Å². The molecule has 0 unspecified atom stereocenters. The molecule has 2 nitrogen and oxygen atoms in total. The summed E-state index contributed by atoms with van der Waals surface area (Å²) in [6.45, 7) is 2.96. The van der Waals surface area contributed by atoms with E-state index in [-0.39, 0.29) is 0 Å². The van der Waals surface area contributed by atoms with Gasteiger partial charge in [0.15, 0.2) is 0 Å². The first-order chi connectivity index (χ1) is 10.3. The largest absolute Gasteiger partial charge is 0.493 e. The van der Waals surface area contributed by atoms with Crippen LogP contribution in [0.4, 0.5) is 0 Å². The summed E-state index contributed by atoms with van der Waals surface area (Å²) in [5.41, 5.74) is 3.41. The van der Waals surface area contributed by atoms with Gasteiger partial charge in [0.25, 0.3) is 0 Å². The molecule has 2 aromatic rings. The highest BCUT2D eigenvalue weighted by Crippen LogP contribution is 2.26. The Balaban J connectivity index is 1.63. The third kappa shape index (κ3) is 3.63. The number of benzene rings is 1. The van der Waals surface area contributed by atoms with E-state index in [1.165, 1.54) is 37.7 Å². The van der Waals surface area contributed by atoms with E-state index in [1.807, 2.05) is 12.3 Å². The number of ether oxygens (including phenoxy) is 1. The zero-order chi connectivity index (χ0) is 14.5. The van der Waals surface area contributed by atoms with Crippen LogP contribution < -0.4 is 4.74 Å². The van der Waals surface area contributed by atoms with E-state index in [2.05, 4.69) is 42.2 Å². The Hall–Kier alpha value is -1.83. The molecule has 0 radical (unpaired) electrons. The van der Waals surface area contributed by atoms with Crippen LogP contribution in [0.3, 0.4) is 0 Å². The highest BCUT2D eigenvalue weighted by Gasteiger charge is 2.13. The average molecular weight is 281 g/mol. The lowest BCUT2D eigenvalue weighted by Gasteiger charge is -2.21. The topological polar surface area (TPSA) is 22.1 Å². The summed E-state index contributed by atoms with van der Waals surface area (Å²) in [4.78, 5) is 4.46. The lowest BCUT2D eigenvalue weighted by atomic mass is 9.90. The van der Waals surface area contributed by atoms with Gasteiger partial charge in [0.1, 0.15) is 5.75 Å². The maximum Gasteiger partial charge on any atom is 0.119 e. The first-order valence-corrected chi connectivity index (χ1v) is 7.98. The lowest BCUT2D eigenvalue weighted by molar-refractivity contribution is 0.209. The smallest absolute Gasteiger partial charge is 0.119 e. The molecule has 1 saturated carbocycles. The summed E-state index contributed by atoms with van der Waals surface area (Å²) in [6, 6.07) is 12.4. The van der Waals surface area contributed by atoms with E-state index in [0.717, 1.165) is 29.5 Å². The lowest BCUT2D eigenvalue weighted by Crippen LogP contribution is -2.15. The van der Waals surface area contributed by atoms with Crippen LogP contribution >= 0.6 is 0 Å². The molecule has 0 aliphatic heterocycles. The number of pyridine rings is 1. The normalized spacial score (nSPS) is 15.9. The molecule has 1 aliphatic carbocycles. The average Bonchev–Trinajstić information content (AvgIpc) is 2.55. The van der Waals surface area contributed by atoms with Crippen LogP contribution in [-0.4, -0.2) is 11.6 Å². The molecule has 0 saturated heterocycles.